The summed E-state index contributed by atoms with van der Waals surface area (Å²) in [6.45, 7) is 0. The fourth-order valence-corrected chi connectivity index (χ4v) is 0. The molecule has 0 aromatic rings. The summed E-state index contributed by atoms with van der Waals surface area (Å²) in [5, 5.41) is 0. The molecule has 0 atom stereocenters. The van der Waals surface area contributed by atoms with Crippen LogP contribution in [0.3, 0.4) is 0 Å². The van der Waals surface area contributed by atoms with Crippen molar-refractivity contribution < 1.29 is 20.4 Å². The Hall–Kier alpha value is 1.67. The van der Waals surface area contributed by atoms with E-state index >= 15 is 0 Å². The fourth-order valence-electron chi connectivity index (χ4n) is 0. The fraction of sp³-hybridized carbons (Fsp3) is 0. The first kappa shape index (κ1) is 9.18. The van der Waals surface area contributed by atoms with E-state index in [1.54, 1.807) is 0 Å². The Balaban J connectivity index is 0. The zero-order valence-corrected chi connectivity index (χ0v) is 5.48. The molecule has 0 heterocycles. The van der Waals surface area contributed by atoms with E-state index in [0.29, 0.717) is 7.29 Å². The zero-order valence-electron chi connectivity index (χ0n) is 1.52. The Kier molecular flexibility index (Phi) is 20.3. The van der Waals surface area contributed by atoms with Gasteiger partial charge in [-0.2, -0.15) is 0 Å². The Morgan fingerprint density at radius 2 is 1.25 bits per heavy atom. The van der Waals surface area contributed by atoms with Crippen LogP contribution in [-0.2, 0) is 20.4 Å². The summed E-state index contributed by atoms with van der Waals surface area (Å²) < 4.78 is 0. The van der Waals surface area contributed by atoms with E-state index < -0.39 is 0 Å². The van der Waals surface area contributed by atoms with Crippen LogP contribution in [-0.4, -0.2) is 0 Å². The third-order valence-corrected chi connectivity index (χ3v) is 0. The third-order valence-electron chi connectivity index (χ3n) is 0. The first-order valence-corrected chi connectivity index (χ1v) is 3.04. The molecule has 0 bridgehead atoms. The van der Waals surface area contributed by atoms with Crippen LogP contribution in [0.15, 0.2) is 0 Å². The van der Waals surface area contributed by atoms with Crippen molar-refractivity contribution in [3.05, 3.63) is 0 Å². The largest absolute Gasteiger partial charge is 0.141 e. The Morgan fingerprint density at radius 3 is 1.25 bits per heavy atom. The predicted octanol–water partition coefficient (Wildman–Crippen LogP) is 2.24. The predicted molar refractivity (Wildman–Crippen MR) is 18.6 cm³/mol. The Bertz CT molecular complexity index is 6.00. The molecular formula is Cl2PPd. The summed E-state index contributed by atoms with van der Waals surface area (Å²) in [4.78, 5) is 0. The van der Waals surface area contributed by atoms with Crippen molar-refractivity contribution in [2.75, 3.05) is 0 Å². The molecule has 0 amide bonds. The average molecular weight is 208 g/mol. The van der Waals surface area contributed by atoms with E-state index in [4.69, 9.17) is 22.5 Å². The second-order valence-corrected chi connectivity index (χ2v) is 1.72. The molecule has 0 N–H and O–H groups in total. The van der Waals surface area contributed by atoms with Crippen LogP contribution in [0, 0.1) is 0 Å². The Labute approximate surface area is 50.3 Å². The maximum atomic E-state index is 4.74. The van der Waals surface area contributed by atoms with Gasteiger partial charge in [0.25, 0.3) is 0 Å². The van der Waals surface area contributed by atoms with Gasteiger partial charge in [0.05, 0.1) is 0 Å². The average Bonchev–Trinajstić information content (AvgIpc) is 0.918. The normalized spacial score (nSPS) is 4.50. The van der Waals surface area contributed by atoms with Crippen molar-refractivity contribution in [3.63, 3.8) is 0 Å². The van der Waals surface area contributed by atoms with Gasteiger partial charge >= 0.3 is 0 Å². The van der Waals surface area contributed by atoms with Gasteiger partial charge in [-0.15, -0.1) is 0 Å². The molecule has 0 saturated heterocycles. The number of hydrogen-bond donors (Lipinski definition) is 0. The molecule has 0 aliphatic rings. The molecule has 0 unspecified atom stereocenters. The van der Waals surface area contributed by atoms with Gasteiger partial charge in [0.1, 0.15) is 7.29 Å². The molecule has 0 spiro atoms. The van der Waals surface area contributed by atoms with Crippen molar-refractivity contribution in [3.8, 4) is 0 Å². The van der Waals surface area contributed by atoms with Crippen molar-refractivity contribution in [2.45, 2.75) is 0 Å². The maximum absolute atomic E-state index is 4.74. The van der Waals surface area contributed by atoms with Crippen molar-refractivity contribution >= 4 is 29.8 Å². The summed E-state index contributed by atoms with van der Waals surface area (Å²) in [6, 6.07) is 0. The van der Waals surface area contributed by atoms with Gasteiger partial charge in [0, 0.05) is 20.4 Å². The summed E-state index contributed by atoms with van der Waals surface area (Å²) in [6.07, 6.45) is 0. The molecular weight excluding hydrogens is 208 g/mol. The molecule has 0 aromatic heterocycles. The zero-order chi connectivity index (χ0) is 2.71. The van der Waals surface area contributed by atoms with Gasteiger partial charge in [-0.3, -0.25) is 0 Å². The van der Waals surface area contributed by atoms with E-state index in [-0.39, 0.29) is 20.4 Å². The van der Waals surface area contributed by atoms with E-state index in [0.717, 1.165) is 0 Å². The topological polar surface area (TPSA) is 0 Å². The van der Waals surface area contributed by atoms with E-state index in [2.05, 4.69) is 0 Å². The molecule has 4 heteroatoms. The SMILES string of the molecule is Cl[P]Cl.[Pd]. The molecule has 0 nitrogen and oxygen atoms in total. The molecule has 29 valence electrons. The van der Waals surface area contributed by atoms with Crippen LogP contribution in [0.25, 0.3) is 0 Å². The number of halogens is 2. The van der Waals surface area contributed by atoms with Gasteiger partial charge < -0.3 is 0 Å². The van der Waals surface area contributed by atoms with Crippen LogP contribution in [0.2, 0.25) is 0 Å². The number of rotatable bonds is 0. The van der Waals surface area contributed by atoms with Crippen LogP contribution < -0.4 is 0 Å². The molecule has 4 heavy (non-hydrogen) atoms. The quantitative estimate of drug-likeness (QED) is 0.423. The Morgan fingerprint density at radius 1 is 1.25 bits per heavy atom. The first-order valence-electron chi connectivity index (χ1n) is 0.338. The third kappa shape index (κ3) is 9.38. The van der Waals surface area contributed by atoms with Crippen LogP contribution in [0.1, 0.15) is 0 Å². The minimum absolute atomic E-state index is 0. The molecule has 0 aliphatic carbocycles. The summed E-state index contributed by atoms with van der Waals surface area (Å²) in [5.41, 5.74) is 0. The summed E-state index contributed by atoms with van der Waals surface area (Å²) in [7, 11) is 0.361. The number of hydrogen-bond acceptors (Lipinski definition) is 0. The van der Waals surface area contributed by atoms with Gasteiger partial charge in [-0.1, -0.05) is 22.5 Å². The second-order valence-electron chi connectivity index (χ2n) is 0.0639. The first-order chi connectivity index (χ1) is 1.41. The van der Waals surface area contributed by atoms with E-state index in [1.807, 2.05) is 0 Å². The maximum Gasteiger partial charge on any atom is 0.141 e. The molecule has 0 rings (SSSR count). The smallest absolute Gasteiger partial charge is 0.0704 e. The van der Waals surface area contributed by atoms with Gasteiger partial charge in [0.2, 0.25) is 0 Å². The van der Waals surface area contributed by atoms with Gasteiger partial charge in [-0.05, 0) is 0 Å². The molecule has 0 saturated carbocycles. The second kappa shape index (κ2) is 8.82. The van der Waals surface area contributed by atoms with Crippen molar-refractivity contribution in [1.29, 1.82) is 0 Å². The molecule has 0 aliphatic heterocycles. The molecule has 0 aromatic carbocycles. The van der Waals surface area contributed by atoms with Gasteiger partial charge in [-0.25, -0.2) is 0 Å². The minimum Gasteiger partial charge on any atom is -0.0704 e. The molecule has 0 fully saturated rings. The molecule has 1 radical (unpaired) electrons. The monoisotopic (exact) mass is 207 g/mol. The van der Waals surface area contributed by atoms with Gasteiger partial charge in [0.15, 0.2) is 0 Å². The standard InChI is InChI=1S/Cl2P.Pd/c1-3-2;. The van der Waals surface area contributed by atoms with Crippen LogP contribution in [0.5, 0.6) is 0 Å². The van der Waals surface area contributed by atoms with Crippen molar-refractivity contribution in [2.24, 2.45) is 0 Å². The van der Waals surface area contributed by atoms with Crippen LogP contribution >= 0.6 is 29.8 Å². The van der Waals surface area contributed by atoms with E-state index in [9.17, 15) is 0 Å². The summed E-state index contributed by atoms with van der Waals surface area (Å²) in [5.74, 6) is 0. The summed E-state index contributed by atoms with van der Waals surface area (Å²) >= 11 is 9.47. The minimum atomic E-state index is 0. The van der Waals surface area contributed by atoms with Crippen molar-refractivity contribution in [1.82, 2.24) is 0 Å². The van der Waals surface area contributed by atoms with E-state index in [1.165, 1.54) is 0 Å². The van der Waals surface area contributed by atoms with Crippen LogP contribution in [0.4, 0.5) is 0 Å².